The number of pyridine rings is 1. The Morgan fingerprint density at radius 1 is 0.955 bits per heavy atom. The van der Waals surface area contributed by atoms with Crippen LogP contribution < -0.4 is 15.4 Å². The molecule has 0 saturated heterocycles. The number of fused-ring (bicyclic) bond motifs is 1. The number of hydrogen-bond acceptors (Lipinski definition) is 5. The summed E-state index contributed by atoms with van der Waals surface area (Å²) in [7, 11) is 1.59. The molecule has 2 N–H and O–H groups in total. The average molecular weight is 666 g/mol. The third-order valence-electron chi connectivity index (χ3n) is 7.06. The fraction of sp³-hybridized carbons (Fsp3) is 0.188. The highest BCUT2D eigenvalue weighted by Crippen LogP contribution is 2.33. The number of rotatable bonds is 8. The molecule has 0 radical (unpaired) electrons. The SMILES string of the molecule is COc1cccc(CNC(=O)c2ccc(Cn3nc(C)c(NC(=O)c4cc(C(F)(F)F)nc5ccc(Br)cc45)c3C)cc2)c1. The summed E-state index contributed by atoms with van der Waals surface area (Å²) in [6, 6.07) is 19.8. The molecule has 12 heteroatoms. The molecule has 2 heterocycles. The fourth-order valence-electron chi connectivity index (χ4n) is 4.75. The van der Waals surface area contributed by atoms with Gasteiger partial charge in [0.2, 0.25) is 0 Å². The average Bonchev–Trinajstić information content (AvgIpc) is 3.26. The van der Waals surface area contributed by atoms with Gasteiger partial charge in [-0.05, 0) is 73.5 Å². The van der Waals surface area contributed by atoms with Crippen molar-refractivity contribution in [2.75, 3.05) is 12.4 Å². The van der Waals surface area contributed by atoms with Crippen molar-refractivity contribution in [2.45, 2.75) is 33.1 Å². The van der Waals surface area contributed by atoms with E-state index in [1.54, 1.807) is 49.9 Å². The molecule has 0 saturated carbocycles. The van der Waals surface area contributed by atoms with Crippen molar-refractivity contribution in [3.05, 3.63) is 117 Å². The van der Waals surface area contributed by atoms with Gasteiger partial charge in [-0.3, -0.25) is 14.3 Å². The molecule has 0 unspecified atom stereocenters. The van der Waals surface area contributed by atoms with Crippen molar-refractivity contribution in [1.29, 1.82) is 0 Å². The van der Waals surface area contributed by atoms with Crippen LogP contribution in [-0.4, -0.2) is 33.7 Å². The lowest BCUT2D eigenvalue weighted by atomic mass is 10.1. The lowest BCUT2D eigenvalue weighted by Crippen LogP contribution is -2.22. The van der Waals surface area contributed by atoms with Gasteiger partial charge in [0.1, 0.15) is 11.4 Å². The number of benzene rings is 3. The van der Waals surface area contributed by atoms with E-state index in [4.69, 9.17) is 4.74 Å². The number of amides is 2. The molecule has 2 aromatic heterocycles. The quantitative estimate of drug-likeness (QED) is 0.185. The van der Waals surface area contributed by atoms with Crippen LogP contribution in [0.25, 0.3) is 10.9 Å². The maximum atomic E-state index is 13.6. The van der Waals surface area contributed by atoms with Crippen LogP contribution >= 0.6 is 15.9 Å². The number of alkyl halides is 3. The number of ether oxygens (including phenoxy) is 1. The summed E-state index contributed by atoms with van der Waals surface area (Å²) < 4.78 is 48.2. The second-order valence-corrected chi connectivity index (χ2v) is 11.0. The first-order chi connectivity index (χ1) is 20.9. The molecule has 0 aliphatic rings. The maximum absolute atomic E-state index is 13.6. The van der Waals surface area contributed by atoms with Crippen molar-refractivity contribution < 1.29 is 27.5 Å². The zero-order valence-electron chi connectivity index (χ0n) is 23.9. The van der Waals surface area contributed by atoms with Crippen molar-refractivity contribution >= 4 is 44.3 Å². The van der Waals surface area contributed by atoms with Gasteiger partial charge >= 0.3 is 6.18 Å². The first kappa shape index (κ1) is 30.7. The van der Waals surface area contributed by atoms with E-state index in [2.05, 4.69) is 36.6 Å². The molecule has 5 rings (SSSR count). The Hall–Kier alpha value is -4.71. The zero-order chi connectivity index (χ0) is 31.6. The fourth-order valence-corrected chi connectivity index (χ4v) is 5.11. The summed E-state index contributed by atoms with van der Waals surface area (Å²) >= 11 is 3.31. The van der Waals surface area contributed by atoms with E-state index in [-0.39, 0.29) is 22.4 Å². The molecule has 2 amide bonds. The molecule has 226 valence electrons. The van der Waals surface area contributed by atoms with E-state index in [1.165, 1.54) is 6.07 Å². The van der Waals surface area contributed by atoms with Crippen molar-refractivity contribution in [3.8, 4) is 5.75 Å². The van der Waals surface area contributed by atoms with Gasteiger partial charge in [0.15, 0.2) is 0 Å². The minimum Gasteiger partial charge on any atom is -0.497 e. The van der Waals surface area contributed by atoms with Crippen LogP contribution in [0.1, 0.15) is 48.9 Å². The monoisotopic (exact) mass is 665 g/mol. The number of nitrogens with one attached hydrogen (secondary N) is 2. The van der Waals surface area contributed by atoms with Crippen LogP contribution in [0, 0.1) is 13.8 Å². The van der Waals surface area contributed by atoms with Crippen LogP contribution in [-0.2, 0) is 19.3 Å². The van der Waals surface area contributed by atoms with Gasteiger partial charge in [-0.1, -0.05) is 40.2 Å². The lowest BCUT2D eigenvalue weighted by molar-refractivity contribution is -0.141. The van der Waals surface area contributed by atoms with E-state index in [1.807, 2.05) is 36.4 Å². The zero-order valence-corrected chi connectivity index (χ0v) is 25.5. The minimum absolute atomic E-state index is 0.0507. The highest BCUT2D eigenvalue weighted by atomic mass is 79.9. The molecular formula is C32H27BrF3N5O3. The number of anilines is 1. The van der Waals surface area contributed by atoms with Crippen molar-refractivity contribution in [3.63, 3.8) is 0 Å². The number of hydrogen-bond donors (Lipinski definition) is 2. The Balaban J connectivity index is 1.30. The Labute approximate surface area is 259 Å². The summed E-state index contributed by atoms with van der Waals surface area (Å²) in [5.41, 5.74) is 2.52. The number of methoxy groups -OCH3 is 1. The Kier molecular flexibility index (Phi) is 8.73. The van der Waals surface area contributed by atoms with Gasteiger partial charge in [0.05, 0.1) is 41.8 Å². The van der Waals surface area contributed by atoms with E-state index in [9.17, 15) is 22.8 Å². The summed E-state index contributed by atoms with van der Waals surface area (Å²) in [6.07, 6.45) is -4.72. The normalized spacial score (nSPS) is 11.4. The maximum Gasteiger partial charge on any atom is 0.433 e. The van der Waals surface area contributed by atoms with E-state index in [0.29, 0.717) is 46.0 Å². The number of carbonyl (C=O) groups is 2. The Morgan fingerprint density at radius 3 is 2.41 bits per heavy atom. The van der Waals surface area contributed by atoms with Gasteiger partial charge in [-0.15, -0.1) is 0 Å². The molecule has 0 bridgehead atoms. The first-order valence-electron chi connectivity index (χ1n) is 13.5. The number of aryl methyl sites for hydroxylation is 1. The Bertz CT molecular complexity index is 1870. The van der Waals surface area contributed by atoms with Gasteiger partial charge in [0.25, 0.3) is 11.8 Å². The second-order valence-electron chi connectivity index (χ2n) is 10.1. The van der Waals surface area contributed by atoms with Crippen LogP contribution in [0.2, 0.25) is 0 Å². The lowest BCUT2D eigenvalue weighted by Gasteiger charge is -2.13. The smallest absolute Gasteiger partial charge is 0.433 e. The molecule has 0 atom stereocenters. The van der Waals surface area contributed by atoms with Crippen LogP contribution in [0.15, 0.2) is 77.3 Å². The second kappa shape index (κ2) is 12.5. The van der Waals surface area contributed by atoms with Gasteiger partial charge in [-0.25, -0.2) is 4.98 Å². The number of halogens is 4. The minimum atomic E-state index is -4.72. The highest BCUT2D eigenvalue weighted by Gasteiger charge is 2.34. The molecule has 0 spiro atoms. The van der Waals surface area contributed by atoms with Crippen molar-refractivity contribution in [1.82, 2.24) is 20.1 Å². The Morgan fingerprint density at radius 2 is 1.70 bits per heavy atom. The number of carbonyl (C=O) groups excluding carboxylic acids is 2. The first-order valence-corrected chi connectivity index (χ1v) is 14.2. The molecular weight excluding hydrogens is 639 g/mol. The van der Waals surface area contributed by atoms with Crippen molar-refractivity contribution in [2.24, 2.45) is 0 Å². The summed E-state index contributed by atoms with van der Waals surface area (Å²) in [5, 5.41) is 10.5. The highest BCUT2D eigenvalue weighted by molar-refractivity contribution is 9.10. The molecule has 0 fully saturated rings. The summed E-state index contributed by atoms with van der Waals surface area (Å²) in [5.74, 6) is -0.224. The third kappa shape index (κ3) is 6.75. The van der Waals surface area contributed by atoms with Crippen LogP contribution in [0.4, 0.5) is 18.9 Å². The van der Waals surface area contributed by atoms with Gasteiger partial charge in [0, 0.05) is 22.0 Å². The van der Waals surface area contributed by atoms with E-state index >= 15 is 0 Å². The summed E-state index contributed by atoms with van der Waals surface area (Å²) in [4.78, 5) is 29.7. The topological polar surface area (TPSA) is 98.1 Å². The molecule has 8 nitrogen and oxygen atoms in total. The van der Waals surface area contributed by atoms with Gasteiger partial charge < -0.3 is 15.4 Å². The van der Waals surface area contributed by atoms with E-state index < -0.39 is 17.8 Å². The number of nitrogens with zero attached hydrogens (tertiary/aromatic N) is 3. The predicted octanol–water partition coefficient (Wildman–Crippen LogP) is 7.07. The molecule has 5 aromatic rings. The molecule has 3 aromatic carbocycles. The van der Waals surface area contributed by atoms with E-state index in [0.717, 1.165) is 17.2 Å². The van der Waals surface area contributed by atoms with Crippen LogP contribution in [0.3, 0.4) is 0 Å². The third-order valence-corrected chi connectivity index (χ3v) is 7.55. The summed E-state index contributed by atoms with van der Waals surface area (Å²) in [6.45, 7) is 4.16. The van der Waals surface area contributed by atoms with Gasteiger partial charge in [-0.2, -0.15) is 18.3 Å². The van der Waals surface area contributed by atoms with Crippen LogP contribution in [0.5, 0.6) is 5.75 Å². The predicted molar refractivity (Wildman–Crippen MR) is 164 cm³/mol. The molecule has 0 aliphatic carbocycles. The largest absolute Gasteiger partial charge is 0.497 e. The standard InChI is InChI=1S/C32H27BrF3N5O3/c1-18-29(39-31(43)26-15-28(32(34,35)36)38-27-12-11-23(33)14-25(26)27)19(2)41(40-18)17-20-7-9-22(10-8-20)30(42)37-16-21-5-4-6-24(13-21)44-3/h4-15H,16-17H2,1-3H3,(H,37,42)(H,39,43). The molecule has 0 aliphatic heterocycles. The molecule has 44 heavy (non-hydrogen) atoms. The number of aromatic nitrogens is 3.